The van der Waals surface area contributed by atoms with E-state index in [1.165, 1.54) is 18.6 Å². The molecule has 7 heteroatoms. The standard InChI is InChI=1S/C19H12F2N4O/c20-13-7-4-8-14(21)16(13)17(26)12-9-22-18-15(12)19(24-10-23-18)25-11-5-2-1-3-6-11/h1-10H,(H2,22,23,24,25). The first kappa shape index (κ1) is 15.9. The maximum absolute atomic E-state index is 14.0. The van der Waals surface area contributed by atoms with Crippen molar-refractivity contribution in [2.24, 2.45) is 0 Å². The van der Waals surface area contributed by atoms with E-state index >= 15 is 0 Å². The Bertz CT molecular complexity index is 1090. The maximum Gasteiger partial charge on any atom is 0.201 e. The fourth-order valence-electron chi connectivity index (χ4n) is 2.74. The van der Waals surface area contributed by atoms with Gasteiger partial charge in [-0.25, -0.2) is 18.7 Å². The molecule has 0 spiro atoms. The van der Waals surface area contributed by atoms with Gasteiger partial charge in [0.1, 0.15) is 29.4 Å². The minimum atomic E-state index is -0.918. The van der Waals surface area contributed by atoms with Crippen LogP contribution in [0.1, 0.15) is 15.9 Å². The summed E-state index contributed by atoms with van der Waals surface area (Å²) >= 11 is 0. The van der Waals surface area contributed by atoms with E-state index in [0.29, 0.717) is 16.9 Å². The molecule has 0 aliphatic carbocycles. The Morgan fingerprint density at radius 3 is 2.42 bits per heavy atom. The molecule has 0 aliphatic heterocycles. The number of halogens is 2. The molecule has 0 amide bonds. The molecular weight excluding hydrogens is 338 g/mol. The molecule has 0 atom stereocenters. The summed E-state index contributed by atoms with van der Waals surface area (Å²) in [5.41, 5.74) is 0.619. The van der Waals surface area contributed by atoms with E-state index in [2.05, 4.69) is 20.3 Å². The number of rotatable bonds is 4. The molecule has 4 rings (SSSR count). The predicted octanol–water partition coefficient (Wildman–Crippen LogP) is 4.21. The highest BCUT2D eigenvalue weighted by Gasteiger charge is 2.23. The number of ketones is 1. The van der Waals surface area contributed by atoms with Crippen LogP contribution in [0.15, 0.2) is 61.1 Å². The number of aromatic nitrogens is 3. The zero-order chi connectivity index (χ0) is 18.1. The fourth-order valence-corrected chi connectivity index (χ4v) is 2.74. The summed E-state index contributed by atoms with van der Waals surface area (Å²) < 4.78 is 28.0. The second-order valence-corrected chi connectivity index (χ2v) is 5.57. The normalized spacial score (nSPS) is 10.8. The number of fused-ring (bicyclic) bond motifs is 1. The molecule has 2 N–H and O–H groups in total. The van der Waals surface area contributed by atoms with Crippen molar-refractivity contribution in [3.05, 3.63) is 83.8 Å². The van der Waals surface area contributed by atoms with Gasteiger partial charge in [0.2, 0.25) is 5.78 Å². The summed E-state index contributed by atoms with van der Waals surface area (Å²) in [7, 11) is 0. The van der Waals surface area contributed by atoms with Crippen molar-refractivity contribution in [3.8, 4) is 0 Å². The quantitative estimate of drug-likeness (QED) is 0.541. The molecule has 2 aromatic carbocycles. The SMILES string of the molecule is O=C(c1c(F)cccc1F)c1c[nH]c2ncnc(Nc3ccccc3)c12. The number of para-hydroxylation sites is 1. The number of benzene rings is 2. The van der Waals surface area contributed by atoms with Crippen molar-refractivity contribution >= 4 is 28.3 Å². The zero-order valence-electron chi connectivity index (χ0n) is 13.3. The van der Waals surface area contributed by atoms with Gasteiger partial charge in [-0.1, -0.05) is 24.3 Å². The van der Waals surface area contributed by atoms with Gasteiger partial charge in [0.25, 0.3) is 0 Å². The summed E-state index contributed by atoms with van der Waals surface area (Å²) in [6, 6.07) is 12.5. The smallest absolute Gasteiger partial charge is 0.201 e. The van der Waals surface area contributed by atoms with Crippen LogP contribution in [0.5, 0.6) is 0 Å². The molecule has 0 unspecified atom stereocenters. The highest BCUT2D eigenvalue weighted by molar-refractivity contribution is 6.18. The van der Waals surface area contributed by atoms with E-state index in [1.807, 2.05) is 30.3 Å². The van der Waals surface area contributed by atoms with Gasteiger partial charge >= 0.3 is 0 Å². The van der Waals surface area contributed by atoms with Crippen molar-refractivity contribution < 1.29 is 13.6 Å². The number of hydrogen-bond donors (Lipinski definition) is 2. The number of nitrogens with one attached hydrogen (secondary N) is 2. The third-order valence-electron chi connectivity index (χ3n) is 3.94. The first-order chi connectivity index (χ1) is 12.6. The van der Waals surface area contributed by atoms with Crippen molar-refractivity contribution in [2.45, 2.75) is 0 Å². The van der Waals surface area contributed by atoms with Gasteiger partial charge < -0.3 is 10.3 Å². The van der Waals surface area contributed by atoms with Crippen LogP contribution >= 0.6 is 0 Å². The summed E-state index contributed by atoms with van der Waals surface area (Å²) in [4.78, 5) is 23.9. The number of carbonyl (C=O) groups excluding carboxylic acids is 1. The van der Waals surface area contributed by atoms with Crippen LogP contribution in [-0.4, -0.2) is 20.7 Å². The van der Waals surface area contributed by atoms with Crippen LogP contribution in [0, 0.1) is 11.6 Å². The lowest BCUT2D eigenvalue weighted by Crippen LogP contribution is -2.08. The van der Waals surface area contributed by atoms with E-state index in [1.54, 1.807) is 0 Å². The first-order valence-corrected chi connectivity index (χ1v) is 7.78. The molecule has 0 radical (unpaired) electrons. The molecule has 0 bridgehead atoms. The second-order valence-electron chi connectivity index (χ2n) is 5.57. The van der Waals surface area contributed by atoms with Gasteiger partial charge in [0.15, 0.2) is 0 Å². The predicted molar refractivity (Wildman–Crippen MR) is 93.4 cm³/mol. The Kier molecular flexibility index (Phi) is 3.89. The van der Waals surface area contributed by atoms with Gasteiger partial charge in [-0.15, -0.1) is 0 Å². The average Bonchev–Trinajstić information content (AvgIpc) is 3.07. The summed E-state index contributed by atoms with van der Waals surface area (Å²) in [6.45, 7) is 0. The third-order valence-corrected chi connectivity index (χ3v) is 3.94. The van der Waals surface area contributed by atoms with Crippen molar-refractivity contribution in [1.29, 1.82) is 0 Å². The fraction of sp³-hybridized carbons (Fsp3) is 0. The number of anilines is 2. The molecular formula is C19H12F2N4O. The Morgan fingerprint density at radius 2 is 1.69 bits per heavy atom. The van der Waals surface area contributed by atoms with Crippen LogP contribution in [0.2, 0.25) is 0 Å². The summed E-state index contributed by atoms with van der Waals surface area (Å²) in [6.07, 6.45) is 2.71. The lowest BCUT2D eigenvalue weighted by molar-refractivity contribution is 0.103. The Labute approximate surface area is 146 Å². The minimum Gasteiger partial charge on any atom is -0.345 e. The Balaban J connectivity index is 1.85. The minimum absolute atomic E-state index is 0.0861. The van der Waals surface area contributed by atoms with Crippen LogP contribution in [0.4, 0.5) is 20.3 Å². The number of hydrogen-bond acceptors (Lipinski definition) is 4. The molecule has 0 aliphatic rings. The molecule has 128 valence electrons. The summed E-state index contributed by atoms with van der Waals surface area (Å²) in [5.74, 6) is -2.25. The second kappa shape index (κ2) is 6.36. The van der Waals surface area contributed by atoms with E-state index in [0.717, 1.165) is 17.8 Å². The van der Waals surface area contributed by atoms with Crippen molar-refractivity contribution in [1.82, 2.24) is 15.0 Å². The van der Waals surface area contributed by atoms with Crippen LogP contribution < -0.4 is 5.32 Å². The van der Waals surface area contributed by atoms with E-state index < -0.39 is 23.0 Å². The van der Waals surface area contributed by atoms with Crippen LogP contribution in [0.3, 0.4) is 0 Å². The van der Waals surface area contributed by atoms with Gasteiger partial charge in [-0.2, -0.15) is 0 Å². The summed E-state index contributed by atoms with van der Waals surface area (Å²) in [5, 5.41) is 3.46. The lowest BCUT2D eigenvalue weighted by atomic mass is 10.0. The third kappa shape index (κ3) is 2.69. The molecule has 2 heterocycles. The highest BCUT2D eigenvalue weighted by Crippen LogP contribution is 2.28. The highest BCUT2D eigenvalue weighted by atomic mass is 19.1. The topological polar surface area (TPSA) is 70.7 Å². The van der Waals surface area contributed by atoms with Gasteiger partial charge in [-0.05, 0) is 24.3 Å². The Hall–Kier alpha value is -3.61. The molecule has 4 aromatic rings. The van der Waals surface area contributed by atoms with Crippen LogP contribution in [-0.2, 0) is 0 Å². The number of nitrogens with zero attached hydrogens (tertiary/aromatic N) is 2. The van der Waals surface area contributed by atoms with Crippen molar-refractivity contribution in [3.63, 3.8) is 0 Å². The number of aromatic amines is 1. The number of carbonyl (C=O) groups is 1. The molecule has 2 aromatic heterocycles. The van der Waals surface area contributed by atoms with Gasteiger partial charge in [0.05, 0.1) is 16.5 Å². The lowest BCUT2D eigenvalue weighted by Gasteiger charge is -2.08. The molecule has 0 fully saturated rings. The zero-order valence-corrected chi connectivity index (χ0v) is 13.3. The van der Waals surface area contributed by atoms with E-state index in [9.17, 15) is 13.6 Å². The average molecular weight is 350 g/mol. The molecule has 5 nitrogen and oxygen atoms in total. The van der Waals surface area contributed by atoms with E-state index in [-0.39, 0.29) is 5.56 Å². The van der Waals surface area contributed by atoms with Gasteiger partial charge in [0, 0.05) is 11.9 Å². The number of H-pyrrole nitrogens is 1. The van der Waals surface area contributed by atoms with Gasteiger partial charge in [-0.3, -0.25) is 4.79 Å². The van der Waals surface area contributed by atoms with E-state index in [4.69, 9.17) is 0 Å². The monoisotopic (exact) mass is 350 g/mol. The molecule has 26 heavy (non-hydrogen) atoms. The first-order valence-electron chi connectivity index (χ1n) is 7.78. The Morgan fingerprint density at radius 1 is 0.962 bits per heavy atom. The van der Waals surface area contributed by atoms with Crippen molar-refractivity contribution in [2.75, 3.05) is 5.32 Å². The largest absolute Gasteiger partial charge is 0.345 e. The maximum atomic E-state index is 14.0. The molecule has 0 saturated carbocycles. The molecule has 0 saturated heterocycles. The van der Waals surface area contributed by atoms with Crippen LogP contribution in [0.25, 0.3) is 11.0 Å².